The van der Waals surface area contributed by atoms with Crippen LogP contribution in [0.15, 0.2) is 65.2 Å². The van der Waals surface area contributed by atoms with Crippen LogP contribution in [0.3, 0.4) is 0 Å². The zero-order valence-corrected chi connectivity index (χ0v) is 22.5. The molecule has 4 rings (SSSR count). The van der Waals surface area contributed by atoms with Crippen molar-refractivity contribution in [3.63, 3.8) is 0 Å². The molecule has 0 saturated carbocycles. The first-order valence-corrected chi connectivity index (χ1v) is 12.8. The first-order valence-electron chi connectivity index (χ1n) is 12.8. The number of nitrogens with zero attached hydrogens (tertiary/aromatic N) is 8. The van der Waals surface area contributed by atoms with Gasteiger partial charge in [0.1, 0.15) is 17.6 Å². The number of carboxylic acids is 1. The summed E-state index contributed by atoms with van der Waals surface area (Å²) in [7, 11) is 1.61. The van der Waals surface area contributed by atoms with Gasteiger partial charge in [-0.1, -0.05) is 30.0 Å². The van der Waals surface area contributed by atoms with Gasteiger partial charge in [0.25, 0.3) is 0 Å². The van der Waals surface area contributed by atoms with Gasteiger partial charge in [-0.25, -0.2) is 24.4 Å². The van der Waals surface area contributed by atoms with Crippen LogP contribution in [0.1, 0.15) is 42.3 Å². The van der Waals surface area contributed by atoms with Gasteiger partial charge >= 0.3 is 5.97 Å². The fourth-order valence-electron chi connectivity index (χ4n) is 4.27. The first-order chi connectivity index (χ1) is 19.4. The van der Waals surface area contributed by atoms with Crippen LogP contribution >= 0.6 is 0 Å². The lowest BCUT2D eigenvalue weighted by atomic mass is 10.1. The summed E-state index contributed by atoms with van der Waals surface area (Å²) in [4.78, 5) is 27.3. The smallest absolute Gasteiger partial charge is 0.326 e. The van der Waals surface area contributed by atoms with Crippen molar-refractivity contribution in [2.75, 3.05) is 31.7 Å². The van der Waals surface area contributed by atoms with Gasteiger partial charge in [-0.15, -0.1) is 5.10 Å². The number of hydrogen-bond acceptors (Lipinski definition) is 8. The third-order valence-corrected chi connectivity index (χ3v) is 6.29. The molecule has 2 aromatic heterocycles. The normalized spacial score (nSPS) is 15.6. The highest BCUT2D eigenvalue weighted by Crippen LogP contribution is 2.24. The molecule has 0 bridgehead atoms. The van der Waals surface area contributed by atoms with Gasteiger partial charge in [0, 0.05) is 25.8 Å². The van der Waals surface area contributed by atoms with Crippen molar-refractivity contribution >= 4 is 29.2 Å². The topological polar surface area (TPSA) is 154 Å². The number of nitrogens with one attached hydrogen (secondary N) is 1. The number of guanidine groups is 1. The number of carboxylic acid groups (broad SMARTS) is 1. The molecule has 1 saturated heterocycles. The van der Waals surface area contributed by atoms with E-state index >= 15 is 0 Å². The number of ether oxygens (including phenoxy) is 1. The van der Waals surface area contributed by atoms with E-state index in [0.717, 1.165) is 12.1 Å². The van der Waals surface area contributed by atoms with Crippen molar-refractivity contribution in [1.29, 1.82) is 5.26 Å². The number of anilines is 1. The monoisotopic (exact) mass is 541 g/mol. The highest BCUT2D eigenvalue weighted by atomic mass is 16.5. The van der Waals surface area contributed by atoms with Gasteiger partial charge in [-0.05, 0) is 44.0 Å². The maximum absolute atomic E-state index is 11.6. The molecule has 0 radical (unpaired) electrons. The lowest BCUT2D eigenvalue weighted by Crippen LogP contribution is -2.36. The Labute approximate surface area is 232 Å². The molecule has 3 aromatic rings. The summed E-state index contributed by atoms with van der Waals surface area (Å²) in [5, 5.41) is 30.3. The van der Waals surface area contributed by atoms with Gasteiger partial charge in [0.2, 0.25) is 5.96 Å². The molecule has 2 N–H and O–H groups in total. The van der Waals surface area contributed by atoms with E-state index in [9.17, 15) is 15.2 Å². The van der Waals surface area contributed by atoms with Gasteiger partial charge < -0.3 is 20.1 Å². The van der Waals surface area contributed by atoms with Crippen molar-refractivity contribution in [1.82, 2.24) is 25.3 Å². The molecule has 1 aliphatic rings. The molecule has 0 spiro atoms. The summed E-state index contributed by atoms with van der Waals surface area (Å²) in [5.41, 5.74) is 3.55. The number of aliphatic imine (C=N–C) groups is 2. The maximum atomic E-state index is 11.6. The highest BCUT2D eigenvalue weighted by molar-refractivity contribution is 6.05. The van der Waals surface area contributed by atoms with Crippen LogP contribution in [0.25, 0.3) is 5.70 Å². The third-order valence-electron chi connectivity index (χ3n) is 6.29. The molecule has 0 unspecified atom stereocenters. The number of pyridine rings is 1. The lowest BCUT2D eigenvalue weighted by molar-refractivity contribution is -0.138. The van der Waals surface area contributed by atoms with E-state index in [1.807, 2.05) is 29.2 Å². The summed E-state index contributed by atoms with van der Waals surface area (Å²) in [6.07, 6.45) is 3.19. The fourth-order valence-corrected chi connectivity index (χ4v) is 4.27. The zero-order chi connectivity index (χ0) is 28.5. The van der Waals surface area contributed by atoms with E-state index in [1.165, 1.54) is 0 Å². The molecule has 1 aliphatic heterocycles. The van der Waals surface area contributed by atoms with E-state index in [0.29, 0.717) is 72.7 Å². The van der Waals surface area contributed by atoms with Crippen LogP contribution < -0.4 is 10.2 Å². The number of aromatic nitrogens is 4. The second-order valence-electron chi connectivity index (χ2n) is 9.17. The van der Waals surface area contributed by atoms with Gasteiger partial charge in [-0.3, -0.25) is 0 Å². The summed E-state index contributed by atoms with van der Waals surface area (Å²) < 4.78 is 6.79. The van der Waals surface area contributed by atoms with E-state index in [2.05, 4.69) is 43.2 Å². The van der Waals surface area contributed by atoms with Gasteiger partial charge in [0.15, 0.2) is 0 Å². The van der Waals surface area contributed by atoms with Crippen molar-refractivity contribution in [2.45, 2.75) is 32.4 Å². The van der Waals surface area contributed by atoms with Crippen LogP contribution in [0.4, 0.5) is 5.82 Å². The highest BCUT2D eigenvalue weighted by Gasteiger charge is 2.31. The Kier molecular flexibility index (Phi) is 9.32. The van der Waals surface area contributed by atoms with E-state index in [1.54, 1.807) is 43.1 Å². The van der Waals surface area contributed by atoms with Crippen LogP contribution in [0.5, 0.6) is 0 Å². The van der Waals surface area contributed by atoms with E-state index < -0.39 is 12.0 Å². The second kappa shape index (κ2) is 13.3. The Bertz CT molecular complexity index is 1470. The average Bonchev–Trinajstić information content (AvgIpc) is 3.64. The number of rotatable bonds is 10. The minimum Gasteiger partial charge on any atom is -0.480 e. The molecule has 3 heterocycles. The maximum Gasteiger partial charge on any atom is 0.326 e. The summed E-state index contributed by atoms with van der Waals surface area (Å²) >= 11 is 0. The minimum absolute atomic E-state index is 0.324. The Morgan fingerprint density at radius 3 is 2.90 bits per heavy atom. The number of methoxy groups -OCH3 is 1. The third kappa shape index (κ3) is 7.15. The number of aliphatic carboxylic acids is 1. The number of carbonyl (C=O) groups is 1. The molecule has 1 fully saturated rings. The van der Waals surface area contributed by atoms with Crippen LogP contribution in [-0.4, -0.2) is 75.6 Å². The Morgan fingerprint density at radius 1 is 1.30 bits per heavy atom. The molecule has 12 nitrogen and oxygen atoms in total. The molecular formula is C28H31N9O3. The van der Waals surface area contributed by atoms with Gasteiger partial charge in [-0.2, -0.15) is 5.26 Å². The Balaban J connectivity index is 1.51. The first kappa shape index (κ1) is 28.1. The van der Waals surface area contributed by atoms with Gasteiger partial charge in [0.05, 0.1) is 48.1 Å². The Morgan fingerprint density at radius 2 is 2.12 bits per heavy atom. The second-order valence-corrected chi connectivity index (χ2v) is 9.17. The van der Waals surface area contributed by atoms with Crippen molar-refractivity contribution < 1.29 is 14.6 Å². The molecule has 1 aromatic carbocycles. The number of nitriles is 1. The molecule has 1 atom stereocenters. The summed E-state index contributed by atoms with van der Waals surface area (Å²) in [6, 6.07) is 14.2. The number of benzene rings is 1. The Hall–Kier alpha value is -4.89. The predicted molar refractivity (Wildman–Crippen MR) is 151 cm³/mol. The lowest BCUT2D eigenvalue weighted by Gasteiger charge is -2.22. The summed E-state index contributed by atoms with van der Waals surface area (Å²) in [6.45, 7) is 7.80. The van der Waals surface area contributed by atoms with Crippen molar-refractivity contribution in [3.05, 3.63) is 77.8 Å². The zero-order valence-electron chi connectivity index (χ0n) is 22.5. The van der Waals surface area contributed by atoms with Crippen LogP contribution in [-0.2, 0) is 16.1 Å². The predicted octanol–water partition coefficient (Wildman–Crippen LogP) is 2.72. The van der Waals surface area contributed by atoms with E-state index in [4.69, 9.17) is 4.74 Å². The average molecular weight is 542 g/mol. The van der Waals surface area contributed by atoms with E-state index in [-0.39, 0.29) is 0 Å². The molecular weight excluding hydrogens is 510 g/mol. The molecule has 206 valence electrons. The quantitative estimate of drug-likeness (QED) is 0.224. The van der Waals surface area contributed by atoms with Crippen molar-refractivity contribution in [2.24, 2.45) is 9.98 Å². The largest absolute Gasteiger partial charge is 0.480 e. The standard InChI is InChI=1S/C28H31N9O3/c1-19(22-8-4-7-21(15-22)16-29)31-28(30-12-14-40-3)32-20(2)24-18-36(35-34-24)17-23-9-5-11-26(33-23)37-13-6-10-25(37)27(38)39/h4-5,7-9,11,15,18,25H,1,6,10,12-14,17H2,2-3H3,(H,30,31)(H,38,39)/b32-20+/t25-/m1/s1. The molecule has 40 heavy (non-hydrogen) atoms. The fraction of sp³-hybridized carbons (Fsp3) is 0.321. The SMILES string of the molecule is C=C(/N=C(\N=C(/C)c1cn(Cc2cccc(N3CCC[C@@H]3C(=O)O)n2)nn1)NCCOC)c1cccc(C#N)c1. The number of hydrogen-bond donors (Lipinski definition) is 2. The molecule has 0 amide bonds. The molecule has 12 heteroatoms. The van der Waals surface area contributed by atoms with Crippen LogP contribution in [0.2, 0.25) is 0 Å². The van der Waals surface area contributed by atoms with Crippen LogP contribution in [0, 0.1) is 11.3 Å². The molecule has 0 aliphatic carbocycles. The minimum atomic E-state index is -0.834. The summed E-state index contributed by atoms with van der Waals surface area (Å²) in [5.74, 6) is 0.132. The van der Waals surface area contributed by atoms with Crippen molar-refractivity contribution in [3.8, 4) is 6.07 Å².